The first kappa shape index (κ1) is 19.8. The van der Waals surface area contributed by atoms with Crippen LogP contribution in [-0.4, -0.2) is 113 Å². The summed E-state index contributed by atoms with van der Waals surface area (Å²) in [4.78, 5) is 22.0. The maximum atomic E-state index is 11.7. The number of guanidine groups is 1. The van der Waals surface area contributed by atoms with Crippen LogP contribution in [0.25, 0.3) is 0 Å². The van der Waals surface area contributed by atoms with Crippen molar-refractivity contribution in [2.75, 3.05) is 77.5 Å². The molecule has 2 heterocycles. The van der Waals surface area contributed by atoms with E-state index < -0.39 is 9.84 Å². The summed E-state index contributed by atoms with van der Waals surface area (Å²) in [6.07, 6.45) is -0.259. The molecule has 1 amide bonds. The van der Waals surface area contributed by atoms with E-state index in [0.717, 1.165) is 12.5 Å². The molecule has 1 N–H and O–H groups in total. The number of ether oxygens (including phenoxy) is 1. The minimum Gasteiger partial charge on any atom is -0.450 e. The second kappa shape index (κ2) is 9.23. The van der Waals surface area contributed by atoms with Gasteiger partial charge in [0.25, 0.3) is 0 Å². The third kappa shape index (κ3) is 6.03. The monoisotopic (exact) mass is 375 g/mol. The minimum atomic E-state index is -2.83. The number of carbonyl (C=O) groups excluding carboxylic acids is 1. The molecule has 0 radical (unpaired) electrons. The number of piperazine rings is 1. The van der Waals surface area contributed by atoms with Crippen LogP contribution in [0.2, 0.25) is 0 Å². The van der Waals surface area contributed by atoms with Gasteiger partial charge in [-0.15, -0.1) is 0 Å². The fourth-order valence-electron chi connectivity index (χ4n) is 2.95. The Morgan fingerprint density at radius 3 is 2.24 bits per heavy atom. The molecule has 2 aliphatic rings. The summed E-state index contributed by atoms with van der Waals surface area (Å²) < 4.78 is 27.9. The lowest BCUT2D eigenvalue weighted by molar-refractivity contribution is 0.0914. The van der Waals surface area contributed by atoms with Gasteiger partial charge < -0.3 is 19.9 Å². The molecule has 2 fully saturated rings. The highest BCUT2D eigenvalue weighted by Crippen LogP contribution is 2.05. The van der Waals surface area contributed by atoms with Crippen molar-refractivity contribution in [2.24, 2.45) is 4.99 Å². The first-order valence-electron chi connectivity index (χ1n) is 8.75. The summed E-state index contributed by atoms with van der Waals surface area (Å²) in [5.74, 6) is 1.31. The van der Waals surface area contributed by atoms with Crippen LogP contribution in [0.5, 0.6) is 0 Å². The first-order valence-corrected chi connectivity index (χ1v) is 10.6. The Kier molecular flexibility index (Phi) is 7.30. The van der Waals surface area contributed by atoms with Crippen LogP contribution in [0.1, 0.15) is 6.92 Å². The predicted molar refractivity (Wildman–Crippen MR) is 96.6 cm³/mol. The van der Waals surface area contributed by atoms with Crippen LogP contribution < -0.4 is 5.32 Å². The van der Waals surface area contributed by atoms with Crippen LogP contribution in [0.3, 0.4) is 0 Å². The van der Waals surface area contributed by atoms with Gasteiger partial charge in [-0.1, -0.05) is 0 Å². The van der Waals surface area contributed by atoms with Crippen molar-refractivity contribution in [1.29, 1.82) is 0 Å². The van der Waals surface area contributed by atoms with Gasteiger partial charge in [-0.3, -0.25) is 9.89 Å². The van der Waals surface area contributed by atoms with E-state index in [-0.39, 0.29) is 17.6 Å². The van der Waals surface area contributed by atoms with Gasteiger partial charge in [0, 0.05) is 59.4 Å². The largest absolute Gasteiger partial charge is 0.450 e. The van der Waals surface area contributed by atoms with E-state index >= 15 is 0 Å². The summed E-state index contributed by atoms with van der Waals surface area (Å²) in [6.45, 7) is 7.54. The molecule has 2 rings (SSSR count). The third-order valence-electron chi connectivity index (χ3n) is 4.47. The highest BCUT2D eigenvalue weighted by molar-refractivity contribution is 7.91. The van der Waals surface area contributed by atoms with Gasteiger partial charge in [0.05, 0.1) is 18.1 Å². The Labute approximate surface area is 149 Å². The van der Waals surface area contributed by atoms with Crippen LogP contribution >= 0.6 is 0 Å². The predicted octanol–water partition coefficient (Wildman–Crippen LogP) is -0.934. The number of amides is 1. The molecular weight excluding hydrogens is 346 g/mol. The number of carbonyl (C=O) groups is 1. The maximum absolute atomic E-state index is 11.7. The molecule has 2 saturated heterocycles. The summed E-state index contributed by atoms with van der Waals surface area (Å²) in [7, 11) is -1.09. The topological polar surface area (TPSA) is 94.6 Å². The van der Waals surface area contributed by atoms with Gasteiger partial charge in [-0.05, 0) is 6.92 Å². The third-order valence-corrected chi connectivity index (χ3v) is 6.07. The Hall–Kier alpha value is -1.55. The number of rotatable bonds is 4. The molecule has 0 saturated carbocycles. The van der Waals surface area contributed by atoms with E-state index in [1.165, 1.54) is 0 Å². The summed E-state index contributed by atoms with van der Waals surface area (Å²) in [5.41, 5.74) is 0. The molecule has 0 spiro atoms. The fourth-order valence-corrected chi connectivity index (χ4v) is 4.22. The van der Waals surface area contributed by atoms with Gasteiger partial charge in [0.15, 0.2) is 15.8 Å². The molecule has 0 aliphatic carbocycles. The van der Waals surface area contributed by atoms with E-state index in [1.54, 1.807) is 18.9 Å². The van der Waals surface area contributed by atoms with Gasteiger partial charge in [-0.25, -0.2) is 13.2 Å². The van der Waals surface area contributed by atoms with Crippen molar-refractivity contribution in [3.63, 3.8) is 0 Å². The summed E-state index contributed by atoms with van der Waals surface area (Å²) in [5, 5.41) is 3.33. The maximum Gasteiger partial charge on any atom is 0.409 e. The minimum absolute atomic E-state index is 0.248. The summed E-state index contributed by atoms with van der Waals surface area (Å²) >= 11 is 0. The van der Waals surface area contributed by atoms with Crippen molar-refractivity contribution in [3.05, 3.63) is 0 Å². The number of nitrogens with zero attached hydrogens (tertiary/aromatic N) is 4. The van der Waals surface area contributed by atoms with Crippen LogP contribution in [-0.2, 0) is 14.6 Å². The van der Waals surface area contributed by atoms with Crippen molar-refractivity contribution < 1.29 is 17.9 Å². The molecule has 144 valence electrons. The smallest absolute Gasteiger partial charge is 0.409 e. The average molecular weight is 375 g/mol. The molecule has 2 aliphatic heterocycles. The quantitative estimate of drug-likeness (QED) is 0.501. The molecule has 0 bridgehead atoms. The van der Waals surface area contributed by atoms with Gasteiger partial charge in [-0.2, -0.15) is 0 Å². The molecule has 10 heteroatoms. The van der Waals surface area contributed by atoms with Crippen molar-refractivity contribution >= 4 is 21.9 Å². The lowest BCUT2D eigenvalue weighted by Crippen LogP contribution is -2.54. The van der Waals surface area contributed by atoms with Gasteiger partial charge in [0.1, 0.15) is 0 Å². The molecule has 0 aromatic rings. The number of hydrogen-bond donors (Lipinski definition) is 1. The van der Waals surface area contributed by atoms with Crippen molar-refractivity contribution in [2.45, 2.75) is 6.92 Å². The lowest BCUT2D eigenvalue weighted by atomic mass is 10.3. The zero-order chi connectivity index (χ0) is 18.3. The van der Waals surface area contributed by atoms with E-state index in [0.29, 0.717) is 52.4 Å². The number of nitrogens with one attached hydrogen (secondary N) is 1. The van der Waals surface area contributed by atoms with E-state index in [2.05, 4.69) is 20.1 Å². The molecule has 25 heavy (non-hydrogen) atoms. The lowest BCUT2D eigenvalue weighted by Gasteiger charge is -2.36. The first-order chi connectivity index (χ1) is 11.9. The zero-order valence-corrected chi connectivity index (χ0v) is 15.9. The Bertz CT molecular complexity index is 558. The second-order valence-corrected chi connectivity index (χ2v) is 8.44. The van der Waals surface area contributed by atoms with E-state index in [4.69, 9.17) is 4.74 Å². The zero-order valence-electron chi connectivity index (χ0n) is 15.1. The van der Waals surface area contributed by atoms with Crippen LogP contribution in [0, 0.1) is 0 Å². The molecule has 0 atom stereocenters. The highest BCUT2D eigenvalue weighted by atomic mass is 32.2. The van der Waals surface area contributed by atoms with Crippen LogP contribution in [0.15, 0.2) is 4.99 Å². The molecule has 9 nitrogen and oxygen atoms in total. The Morgan fingerprint density at radius 1 is 1.08 bits per heavy atom. The fraction of sp³-hybridized carbons (Fsp3) is 0.867. The van der Waals surface area contributed by atoms with Crippen molar-refractivity contribution in [3.8, 4) is 0 Å². The van der Waals surface area contributed by atoms with Gasteiger partial charge >= 0.3 is 6.09 Å². The van der Waals surface area contributed by atoms with Crippen molar-refractivity contribution in [1.82, 2.24) is 20.0 Å². The van der Waals surface area contributed by atoms with Gasteiger partial charge in [0.2, 0.25) is 0 Å². The second-order valence-electron chi connectivity index (χ2n) is 6.14. The number of aliphatic imine (C=N–C) groups is 1. The Morgan fingerprint density at radius 2 is 1.68 bits per heavy atom. The number of sulfone groups is 1. The molecular formula is C15H29N5O4S. The normalized spacial score (nSPS) is 21.9. The molecule has 0 unspecified atom stereocenters. The Balaban J connectivity index is 1.70. The SMILES string of the molecule is CCOC(=O)N1CCN(C(=NC)NCCN2CCS(=O)(=O)CC2)CC1. The van der Waals surface area contributed by atoms with Crippen LogP contribution in [0.4, 0.5) is 4.79 Å². The number of hydrogen-bond acceptors (Lipinski definition) is 6. The highest BCUT2D eigenvalue weighted by Gasteiger charge is 2.24. The molecule has 0 aromatic heterocycles. The average Bonchev–Trinajstić information content (AvgIpc) is 2.60. The van der Waals surface area contributed by atoms with E-state index in [1.807, 2.05) is 0 Å². The standard InChI is InChI=1S/C15H29N5O4S/c1-3-24-15(21)20-8-6-19(7-9-20)14(16-2)17-4-5-18-10-12-25(22,23)13-11-18/h3-13H2,1-2H3,(H,16,17). The molecule has 0 aromatic carbocycles. The summed E-state index contributed by atoms with van der Waals surface area (Å²) in [6, 6.07) is 0. The van der Waals surface area contributed by atoms with E-state index in [9.17, 15) is 13.2 Å².